The van der Waals surface area contributed by atoms with Crippen LogP contribution in [0.25, 0.3) is 10.9 Å². The molecule has 1 heterocycles. The SMILES string of the molecule is COc1ccc(NC(=O)C[NH+](C)Cc2cc3ccc(SC)cc3nc2Cl)cc1. The maximum absolute atomic E-state index is 12.3. The number of benzene rings is 2. The molecule has 28 heavy (non-hydrogen) atoms. The van der Waals surface area contributed by atoms with Gasteiger partial charge in [0.2, 0.25) is 0 Å². The summed E-state index contributed by atoms with van der Waals surface area (Å²) in [6.07, 6.45) is 2.03. The van der Waals surface area contributed by atoms with Crippen molar-refractivity contribution in [1.29, 1.82) is 0 Å². The smallest absolute Gasteiger partial charge is 0.279 e. The lowest BCUT2D eigenvalue weighted by Gasteiger charge is -2.15. The molecule has 2 aromatic carbocycles. The second-order valence-electron chi connectivity index (χ2n) is 6.58. The predicted molar refractivity (Wildman–Crippen MR) is 116 cm³/mol. The van der Waals surface area contributed by atoms with E-state index in [-0.39, 0.29) is 5.91 Å². The summed E-state index contributed by atoms with van der Waals surface area (Å²) in [4.78, 5) is 19.0. The monoisotopic (exact) mass is 416 g/mol. The fraction of sp³-hybridized carbons (Fsp3) is 0.238. The van der Waals surface area contributed by atoms with Crippen LogP contribution < -0.4 is 15.0 Å². The van der Waals surface area contributed by atoms with Crippen molar-refractivity contribution in [3.63, 3.8) is 0 Å². The number of hydrogen-bond donors (Lipinski definition) is 2. The van der Waals surface area contributed by atoms with Crippen LogP contribution in [0.5, 0.6) is 5.75 Å². The number of hydrogen-bond acceptors (Lipinski definition) is 4. The van der Waals surface area contributed by atoms with Crippen LogP contribution in [0.4, 0.5) is 5.69 Å². The van der Waals surface area contributed by atoms with Crippen LogP contribution in [0.2, 0.25) is 5.15 Å². The lowest BCUT2D eigenvalue weighted by Crippen LogP contribution is -3.08. The minimum Gasteiger partial charge on any atom is -0.497 e. The first kappa shape index (κ1) is 20.5. The summed E-state index contributed by atoms with van der Waals surface area (Å²) in [6, 6.07) is 15.5. The third-order valence-corrected chi connectivity index (χ3v) is 5.43. The Morgan fingerprint density at radius 2 is 1.96 bits per heavy atom. The Morgan fingerprint density at radius 1 is 1.21 bits per heavy atom. The number of methoxy groups -OCH3 is 1. The number of carbonyl (C=O) groups is 1. The number of halogens is 1. The van der Waals surface area contributed by atoms with E-state index in [1.165, 1.54) is 0 Å². The van der Waals surface area contributed by atoms with Crippen LogP contribution in [0.1, 0.15) is 5.56 Å². The van der Waals surface area contributed by atoms with Crippen molar-refractivity contribution in [2.45, 2.75) is 11.4 Å². The second-order valence-corrected chi connectivity index (χ2v) is 7.82. The van der Waals surface area contributed by atoms with Crippen molar-refractivity contribution < 1.29 is 14.4 Å². The van der Waals surface area contributed by atoms with Crippen molar-refractivity contribution in [1.82, 2.24) is 4.98 Å². The minimum absolute atomic E-state index is 0.0582. The van der Waals surface area contributed by atoms with E-state index in [4.69, 9.17) is 16.3 Å². The first-order chi connectivity index (χ1) is 13.5. The number of likely N-dealkylation sites (N-methyl/N-ethyl adjacent to an activating group) is 1. The van der Waals surface area contributed by atoms with Crippen LogP contribution in [-0.4, -0.2) is 37.8 Å². The predicted octanol–water partition coefficient (Wildman–Crippen LogP) is 3.27. The topological polar surface area (TPSA) is 55.7 Å². The van der Waals surface area contributed by atoms with Gasteiger partial charge in [-0.1, -0.05) is 17.7 Å². The Bertz CT molecular complexity index is 979. The number of pyridine rings is 1. The molecule has 0 aliphatic rings. The van der Waals surface area contributed by atoms with E-state index in [2.05, 4.69) is 28.5 Å². The highest BCUT2D eigenvalue weighted by molar-refractivity contribution is 7.98. The molecule has 3 aromatic rings. The van der Waals surface area contributed by atoms with E-state index in [9.17, 15) is 4.79 Å². The number of nitrogens with zero attached hydrogens (tertiary/aromatic N) is 1. The second kappa shape index (κ2) is 9.28. The quantitative estimate of drug-likeness (QED) is 0.458. The number of rotatable bonds is 7. The molecule has 0 spiro atoms. The number of aromatic nitrogens is 1. The van der Waals surface area contributed by atoms with Crippen LogP contribution in [-0.2, 0) is 11.3 Å². The average molecular weight is 417 g/mol. The van der Waals surface area contributed by atoms with E-state index in [0.717, 1.165) is 37.7 Å². The van der Waals surface area contributed by atoms with Gasteiger partial charge in [0.15, 0.2) is 6.54 Å². The van der Waals surface area contributed by atoms with Gasteiger partial charge in [-0.05, 0) is 48.7 Å². The van der Waals surface area contributed by atoms with Gasteiger partial charge in [-0.25, -0.2) is 4.98 Å². The third kappa shape index (κ3) is 5.16. The lowest BCUT2D eigenvalue weighted by atomic mass is 10.1. The highest BCUT2D eigenvalue weighted by atomic mass is 35.5. The van der Waals surface area contributed by atoms with Gasteiger partial charge in [-0.3, -0.25) is 4.79 Å². The number of nitrogens with one attached hydrogen (secondary N) is 2. The molecule has 0 saturated carbocycles. The minimum atomic E-state index is -0.0582. The van der Waals surface area contributed by atoms with Gasteiger partial charge in [-0.15, -0.1) is 11.8 Å². The Balaban J connectivity index is 1.64. The molecule has 0 radical (unpaired) electrons. The number of anilines is 1. The van der Waals surface area contributed by atoms with Crippen LogP contribution >= 0.6 is 23.4 Å². The fourth-order valence-electron chi connectivity index (χ4n) is 2.96. The Kier molecular flexibility index (Phi) is 6.78. The van der Waals surface area contributed by atoms with Crippen molar-refractivity contribution in [3.8, 4) is 5.75 Å². The zero-order valence-electron chi connectivity index (χ0n) is 16.1. The van der Waals surface area contributed by atoms with E-state index in [1.807, 2.05) is 43.6 Å². The van der Waals surface area contributed by atoms with E-state index in [1.54, 1.807) is 18.9 Å². The molecule has 3 rings (SSSR count). The summed E-state index contributed by atoms with van der Waals surface area (Å²) in [5, 5.41) is 4.44. The molecule has 0 aliphatic heterocycles. The molecular weight excluding hydrogens is 394 g/mol. The third-order valence-electron chi connectivity index (χ3n) is 4.38. The first-order valence-electron chi connectivity index (χ1n) is 8.87. The zero-order chi connectivity index (χ0) is 20.1. The summed E-state index contributed by atoms with van der Waals surface area (Å²) in [7, 11) is 3.57. The number of quaternary nitrogens is 1. The molecule has 0 saturated heterocycles. The number of fused-ring (bicyclic) bond motifs is 1. The number of ether oxygens (including phenoxy) is 1. The van der Waals surface area contributed by atoms with Crippen molar-refractivity contribution in [2.24, 2.45) is 0 Å². The molecule has 7 heteroatoms. The number of thioether (sulfide) groups is 1. The van der Waals surface area contributed by atoms with Crippen LogP contribution in [0, 0.1) is 0 Å². The van der Waals surface area contributed by atoms with Gasteiger partial charge < -0.3 is 15.0 Å². The van der Waals surface area contributed by atoms with Crippen molar-refractivity contribution >= 4 is 45.9 Å². The Hall–Kier alpha value is -2.28. The van der Waals surface area contributed by atoms with Gasteiger partial charge in [0, 0.05) is 21.5 Å². The molecule has 5 nitrogen and oxygen atoms in total. The molecule has 1 aromatic heterocycles. The molecule has 0 bridgehead atoms. The molecule has 0 aliphatic carbocycles. The maximum atomic E-state index is 12.3. The molecular formula is C21H23ClN3O2S+. The summed E-state index contributed by atoms with van der Waals surface area (Å²) in [6.45, 7) is 0.938. The normalized spacial score (nSPS) is 12.0. The van der Waals surface area contributed by atoms with E-state index < -0.39 is 0 Å². The first-order valence-corrected chi connectivity index (χ1v) is 10.5. The fourth-order valence-corrected chi connectivity index (χ4v) is 3.61. The Morgan fingerprint density at radius 3 is 2.64 bits per heavy atom. The largest absolute Gasteiger partial charge is 0.497 e. The average Bonchev–Trinajstić information content (AvgIpc) is 2.68. The molecule has 1 atom stereocenters. The van der Waals surface area contributed by atoms with Gasteiger partial charge >= 0.3 is 0 Å². The lowest BCUT2D eigenvalue weighted by molar-refractivity contribution is -0.885. The Labute approximate surface area is 174 Å². The van der Waals surface area contributed by atoms with Gasteiger partial charge in [0.05, 0.1) is 19.7 Å². The summed E-state index contributed by atoms with van der Waals surface area (Å²) < 4.78 is 5.12. The molecule has 0 fully saturated rings. The number of carbonyl (C=O) groups excluding carboxylic acids is 1. The van der Waals surface area contributed by atoms with E-state index in [0.29, 0.717) is 18.2 Å². The zero-order valence-corrected chi connectivity index (χ0v) is 17.7. The van der Waals surface area contributed by atoms with Gasteiger partial charge in [-0.2, -0.15) is 0 Å². The summed E-state index contributed by atoms with van der Waals surface area (Å²) in [5.74, 6) is 0.695. The standard InChI is InChI=1S/C21H22ClN3O2S/c1-25(13-20(26)23-16-5-7-17(27-2)8-6-16)12-15-10-14-4-9-18(28-3)11-19(14)24-21(15)22/h4-11H,12-13H2,1-3H3,(H,23,26)/p+1. The number of amides is 1. The molecule has 146 valence electrons. The summed E-state index contributed by atoms with van der Waals surface area (Å²) in [5.41, 5.74) is 2.56. The van der Waals surface area contributed by atoms with Gasteiger partial charge in [0.1, 0.15) is 17.4 Å². The van der Waals surface area contributed by atoms with Crippen molar-refractivity contribution in [2.75, 3.05) is 32.3 Å². The molecule has 1 unspecified atom stereocenters. The van der Waals surface area contributed by atoms with E-state index >= 15 is 0 Å². The highest BCUT2D eigenvalue weighted by Gasteiger charge is 2.14. The molecule has 2 N–H and O–H groups in total. The highest BCUT2D eigenvalue weighted by Crippen LogP contribution is 2.24. The van der Waals surface area contributed by atoms with Crippen LogP contribution in [0.3, 0.4) is 0 Å². The van der Waals surface area contributed by atoms with Crippen molar-refractivity contribution in [3.05, 3.63) is 59.2 Å². The maximum Gasteiger partial charge on any atom is 0.279 e. The summed E-state index contributed by atoms with van der Waals surface area (Å²) >= 11 is 8.07. The molecule has 1 amide bonds. The van der Waals surface area contributed by atoms with Gasteiger partial charge in [0.25, 0.3) is 5.91 Å². The van der Waals surface area contributed by atoms with Crippen LogP contribution in [0.15, 0.2) is 53.4 Å².